The number of hydrogen-bond acceptors (Lipinski definition) is 4. The Kier molecular flexibility index (Phi) is 4.13. The van der Waals surface area contributed by atoms with Gasteiger partial charge in [-0.3, -0.25) is 0 Å². The van der Waals surface area contributed by atoms with Gasteiger partial charge in [-0.2, -0.15) is 0 Å². The van der Waals surface area contributed by atoms with Crippen LogP contribution in [-0.2, 0) is 11.2 Å². The largest absolute Gasteiger partial charge is 0.374 e. The van der Waals surface area contributed by atoms with Gasteiger partial charge in [-0.15, -0.1) is 0 Å². The van der Waals surface area contributed by atoms with Crippen molar-refractivity contribution < 1.29 is 4.74 Å². The van der Waals surface area contributed by atoms with Gasteiger partial charge in [0.05, 0.1) is 18.8 Å². The highest BCUT2D eigenvalue weighted by Gasteiger charge is 2.37. The number of rotatable bonds is 3. The van der Waals surface area contributed by atoms with E-state index in [2.05, 4.69) is 16.8 Å². The summed E-state index contributed by atoms with van der Waals surface area (Å²) in [4.78, 5) is 11.6. The molecule has 0 bridgehead atoms. The number of anilines is 1. The van der Waals surface area contributed by atoms with Gasteiger partial charge in [0.25, 0.3) is 0 Å². The van der Waals surface area contributed by atoms with E-state index in [9.17, 15) is 0 Å². The molecule has 20 heavy (non-hydrogen) atoms. The molecule has 1 saturated carbocycles. The lowest BCUT2D eigenvalue weighted by atomic mass is 10.1. The van der Waals surface area contributed by atoms with Crippen LogP contribution in [0.15, 0.2) is 0 Å². The molecule has 2 fully saturated rings. The molecule has 3 rings (SSSR count). The molecule has 0 amide bonds. The second kappa shape index (κ2) is 5.86. The lowest BCUT2D eigenvalue weighted by Gasteiger charge is -2.39. The molecule has 1 aliphatic carbocycles. The van der Waals surface area contributed by atoms with Gasteiger partial charge in [-0.1, -0.05) is 18.5 Å². The van der Waals surface area contributed by atoms with E-state index >= 15 is 0 Å². The van der Waals surface area contributed by atoms with Gasteiger partial charge in [0.15, 0.2) is 0 Å². The number of halogens is 1. The highest BCUT2D eigenvalue weighted by Crippen LogP contribution is 2.34. The van der Waals surface area contributed by atoms with E-state index in [1.807, 2.05) is 6.92 Å². The fraction of sp³-hybridized carbons (Fsp3) is 0.733. The summed E-state index contributed by atoms with van der Waals surface area (Å²) >= 11 is 6.31. The standard InChI is InChI=1S/C15H22ClN3O/c1-3-5-13-17-14(16)10(2)15(18-13)19-8-9-20-12-7-4-6-11(12)19/h11-12H,3-9H2,1-2H3. The third kappa shape index (κ3) is 2.51. The molecule has 1 saturated heterocycles. The third-order valence-electron chi connectivity index (χ3n) is 4.33. The minimum atomic E-state index is 0.367. The Hall–Kier alpha value is -0.870. The van der Waals surface area contributed by atoms with Crippen molar-refractivity contribution in [2.75, 3.05) is 18.1 Å². The zero-order chi connectivity index (χ0) is 14.1. The summed E-state index contributed by atoms with van der Waals surface area (Å²) in [7, 11) is 0. The average molecular weight is 296 g/mol. The highest BCUT2D eigenvalue weighted by atomic mass is 35.5. The van der Waals surface area contributed by atoms with Crippen molar-refractivity contribution in [1.29, 1.82) is 0 Å². The summed E-state index contributed by atoms with van der Waals surface area (Å²) in [6.07, 6.45) is 5.88. The van der Waals surface area contributed by atoms with Crippen LogP contribution in [0.4, 0.5) is 5.82 Å². The van der Waals surface area contributed by atoms with Gasteiger partial charge in [-0.25, -0.2) is 9.97 Å². The number of fused-ring (bicyclic) bond motifs is 1. The Labute approximate surface area is 125 Å². The molecule has 1 aliphatic heterocycles. The Morgan fingerprint density at radius 1 is 1.35 bits per heavy atom. The summed E-state index contributed by atoms with van der Waals surface area (Å²) in [5.41, 5.74) is 0.999. The van der Waals surface area contributed by atoms with E-state index in [-0.39, 0.29) is 0 Å². The molecule has 5 heteroatoms. The van der Waals surface area contributed by atoms with Crippen LogP contribution < -0.4 is 4.90 Å². The van der Waals surface area contributed by atoms with Crippen molar-refractivity contribution in [2.24, 2.45) is 0 Å². The molecule has 2 atom stereocenters. The molecule has 0 radical (unpaired) electrons. The molecular weight excluding hydrogens is 274 g/mol. The van der Waals surface area contributed by atoms with Gasteiger partial charge in [-0.05, 0) is 32.6 Å². The van der Waals surface area contributed by atoms with Crippen LogP contribution in [0.3, 0.4) is 0 Å². The SMILES string of the molecule is CCCc1nc(Cl)c(C)c(N2CCOC3CCCC32)n1. The van der Waals surface area contributed by atoms with Crippen molar-refractivity contribution in [1.82, 2.24) is 9.97 Å². The number of nitrogens with zero attached hydrogens (tertiary/aromatic N) is 3. The Morgan fingerprint density at radius 2 is 2.20 bits per heavy atom. The quantitative estimate of drug-likeness (QED) is 0.803. The first-order valence-electron chi connectivity index (χ1n) is 7.62. The maximum absolute atomic E-state index is 6.31. The van der Waals surface area contributed by atoms with Crippen molar-refractivity contribution in [3.05, 3.63) is 16.5 Å². The fourth-order valence-corrected chi connectivity index (χ4v) is 3.51. The van der Waals surface area contributed by atoms with Gasteiger partial charge in [0.2, 0.25) is 0 Å². The van der Waals surface area contributed by atoms with Gasteiger partial charge in [0.1, 0.15) is 16.8 Å². The topological polar surface area (TPSA) is 38.2 Å². The normalized spacial score (nSPS) is 25.9. The maximum atomic E-state index is 6.31. The van der Waals surface area contributed by atoms with Crippen LogP contribution in [0.1, 0.15) is 44.0 Å². The van der Waals surface area contributed by atoms with E-state index in [0.29, 0.717) is 17.3 Å². The van der Waals surface area contributed by atoms with Gasteiger partial charge < -0.3 is 9.64 Å². The molecular formula is C15H22ClN3O. The number of aromatic nitrogens is 2. The average Bonchev–Trinajstić information content (AvgIpc) is 2.91. The zero-order valence-corrected chi connectivity index (χ0v) is 13.0. The predicted molar refractivity (Wildman–Crippen MR) is 80.5 cm³/mol. The number of aryl methyl sites for hydroxylation is 1. The maximum Gasteiger partial charge on any atom is 0.137 e. The number of morpholine rings is 1. The Morgan fingerprint density at radius 3 is 3.00 bits per heavy atom. The van der Waals surface area contributed by atoms with Gasteiger partial charge >= 0.3 is 0 Å². The Bertz CT molecular complexity index is 494. The molecule has 2 unspecified atom stereocenters. The molecule has 1 aromatic rings. The van der Waals surface area contributed by atoms with Crippen molar-refractivity contribution in [2.45, 2.75) is 58.1 Å². The summed E-state index contributed by atoms with van der Waals surface area (Å²) in [6, 6.07) is 0.461. The lowest BCUT2D eigenvalue weighted by molar-refractivity contribution is 0.0252. The van der Waals surface area contributed by atoms with E-state index in [1.165, 1.54) is 19.3 Å². The minimum Gasteiger partial charge on any atom is -0.374 e. The second-order valence-corrected chi connectivity index (χ2v) is 6.09. The second-order valence-electron chi connectivity index (χ2n) is 5.73. The first-order chi connectivity index (χ1) is 9.70. The van der Waals surface area contributed by atoms with Crippen molar-refractivity contribution >= 4 is 17.4 Å². The predicted octanol–water partition coefficient (Wildman–Crippen LogP) is 3.15. The van der Waals surface area contributed by atoms with Crippen LogP contribution in [0.2, 0.25) is 5.15 Å². The summed E-state index contributed by atoms with van der Waals surface area (Å²) < 4.78 is 5.88. The van der Waals surface area contributed by atoms with E-state index in [4.69, 9.17) is 21.3 Å². The van der Waals surface area contributed by atoms with Crippen molar-refractivity contribution in [3.8, 4) is 0 Å². The molecule has 2 aliphatic rings. The summed E-state index contributed by atoms with van der Waals surface area (Å²) in [6.45, 7) is 5.84. The van der Waals surface area contributed by atoms with Gasteiger partial charge in [0, 0.05) is 18.5 Å². The van der Waals surface area contributed by atoms with Crippen molar-refractivity contribution in [3.63, 3.8) is 0 Å². The molecule has 1 aromatic heterocycles. The summed E-state index contributed by atoms with van der Waals surface area (Å²) in [5, 5.41) is 0.597. The van der Waals surface area contributed by atoms with Crippen LogP contribution in [0.25, 0.3) is 0 Å². The number of ether oxygens (including phenoxy) is 1. The molecule has 4 nitrogen and oxygen atoms in total. The monoisotopic (exact) mass is 295 g/mol. The van der Waals surface area contributed by atoms with Crippen LogP contribution in [0, 0.1) is 6.92 Å². The van der Waals surface area contributed by atoms with E-state index in [1.54, 1.807) is 0 Å². The van der Waals surface area contributed by atoms with Crippen LogP contribution >= 0.6 is 11.6 Å². The third-order valence-corrected chi connectivity index (χ3v) is 4.70. The molecule has 110 valence electrons. The lowest BCUT2D eigenvalue weighted by Crippen LogP contribution is -2.49. The highest BCUT2D eigenvalue weighted by molar-refractivity contribution is 6.30. The smallest absolute Gasteiger partial charge is 0.137 e. The zero-order valence-electron chi connectivity index (χ0n) is 12.2. The van der Waals surface area contributed by atoms with Crippen LogP contribution in [-0.4, -0.2) is 35.3 Å². The molecule has 2 heterocycles. The summed E-state index contributed by atoms with van der Waals surface area (Å²) in [5.74, 6) is 1.88. The minimum absolute atomic E-state index is 0.367. The molecule has 0 N–H and O–H groups in total. The van der Waals surface area contributed by atoms with Crippen LogP contribution in [0.5, 0.6) is 0 Å². The molecule has 0 aromatic carbocycles. The van der Waals surface area contributed by atoms with E-state index in [0.717, 1.165) is 43.2 Å². The first-order valence-corrected chi connectivity index (χ1v) is 7.99. The number of hydrogen-bond donors (Lipinski definition) is 0. The fourth-order valence-electron chi connectivity index (χ4n) is 3.32. The Balaban J connectivity index is 1.95. The van der Waals surface area contributed by atoms with E-state index < -0.39 is 0 Å². The molecule has 0 spiro atoms. The first kappa shape index (κ1) is 14.1.